The lowest BCUT2D eigenvalue weighted by molar-refractivity contribution is -0.136. The van der Waals surface area contributed by atoms with Crippen LogP contribution in [0.4, 0.5) is 23.7 Å². The number of para-hydroxylation sites is 1. The molecule has 0 aromatic heterocycles. The second-order valence-corrected chi connectivity index (χ2v) is 4.78. The van der Waals surface area contributed by atoms with Crippen LogP contribution in [0, 0.1) is 6.92 Å². The van der Waals surface area contributed by atoms with Gasteiger partial charge in [-0.2, -0.15) is 13.2 Å². The zero-order valence-corrected chi connectivity index (χ0v) is 12.3. The molecule has 0 spiro atoms. The van der Waals surface area contributed by atoms with Crippen LogP contribution in [-0.2, 0) is 6.18 Å². The van der Waals surface area contributed by atoms with Gasteiger partial charge in [-0.3, -0.25) is 0 Å². The minimum absolute atomic E-state index is 0.164. The first-order chi connectivity index (χ1) is 10.9. The molecule has 0 saturated heterocycles. The second kappa shape index (κ2) is 7.04. The van der Waals surface area contributed by atoms with Crippen LogP contribution in [0.25, 0.3) is 0 Å². The Morgan fingerprint density at radius 3 is 2.39 bits per heavy atom. The summed E-state index contributed by atoms with van der Waals surface area (Å²) in [6.07, 6.45) is -4.54. The standard InChI is InChI=1S/C16H15F3N2O2/c1-11-6-8-12(9-7-11)23-10-20-15(22)21-14-5-3-2-4-13(14)16(17,18)19/h2-9H,10H2,1H3,(H2,20,21,22). The fourth-order valence-electron chi connectivity index (χ4n) is 1.83. The highest BCUT2D eigenvalue weighted by atomic mass is 19.4. The molecule has 2 rings (SSSR count). The molecule has 2 amide bonds. The lowest BCUT2D eigenvalue weighted by atomic mass is 10.1. The molecular weight excluding hydrogens is 309 g/mol. The topological polar surface area (TPSA) is 50.4 Å². The number of ether oxygens (including phenoxy) is 1. The predicted molar refractivity (Wildman–Crippen MR) is 80.3 cm³/mol. The van der Waals surface area contributed by atoms with Gasteiger partial charge in [0.1, 0.15) is 5.75 Å². The molecule has 0 saturated carbocycles. The molecule has 23 heavy (non-hydrogen) atoms. The third kappa shape index (κ3) is 4.91. The van der Waals surface area contributed by atoms with Gasteiger partial charge in [0.15, 0.2) is 6.73 Å². The molecule has 0 radical (unpaired) electrons. The lowest BCUT2D eigenvalue weighted by Gasteiger charge is -2.14. The molecule has 4 nitrogen and oxygen atoms in total. The van der Waals surface area contributed by atoms with E-state index in [9.17, 15) is 18.0 Å². The summed E-state index contributed by atoms with van der Waals surface area (Å²) in [5, 5.41) is 4.50. The van der Waals surface area contributed by atoms with Crippen molar-refractivity contribution in [3.8, 4) is 5.75 Å². The van der Waals surface area contributed by atoms with Crippen molar-refractivity contribution in [2.45, 2.75) is 13.1 Å². The number of urea groups is 1. The molecule has 0 atom stereocenters. The summed E-state index contributed by atoms with van der Waals surface area (Å²) in [6, 6.07) is 11.1. The molecule has 2 aromatic carbocycles. The molecule has 122 valence electrons. The van der Waals surface area contributed by atoms with Crippen LogP contribution in [0.3, 0.4) is 0 Å². The van der Waals surface area contributed by atoms with Gasteiger partial charge in [-0.05, 0) is 31.2 Å². The van der Waals surface area contributed by atoms with Gasteiger partial charge >= 0.3 is 12.2 Å². The predicted octanol–water partition coefficient (Wildman–Crippen LogP) is 4.17. The van der Waals surface area contributed by atoms with Crippen LogP contribution >= 0.6 is 0 Å². The maximum atomic E-state index is 12.8. The van der Waals surface area contributed by atoms with Crippen LogP contribution in [0.15, 0.2) is 48.5 Å². The minimum Gasteiger partial charge on any atom is -0.473 e. The van der Waals surface area contributed by atoms with Crippen molar-refractivity contribution in [2.75, 3.05) is 12.0 Å². The molecule has 2 N–H and O–H groups in total. The summed E-state index contributed by atoms with van der Waals surface area (Å²) in [6.45, 7) is 1.76. The molecular formula is C16H15F3N2O2. The van der Waals surface area contributed by atoms with E-state index in [2.05, 4.69) is 10.6 Å². The van der Waals surface area contributed by atoms with Gasteiger partial charge < -0.3 is 15.4 Å². The fourth-order valence-corrected chi connectivity index (χ4v) is 1.83. The van der Waals surface area contributed by atoms with Crippen LogP contribution in [-0.4, -0.2) is 12.8 Å². The Morgan fingerprint density at radius 2 is 1.74 bits per heavy atom. The first-order valence-corrected chi connectivity index (χ1v) is 6.77. The molecule has 0 aliphatic rings. The first kappa shape index (κ1) is 16.7. The molecule has 0 aliphatic carbocycles. The fraction of sp³-hybridized carbons (Fsp3) is 0.188. The maximum absolute atomic E-state index is 12.8. The lowest BCUT2D eigenvalue weighted by Crippen LogP contribution is -2.32. The van der Waals surface area contributed by atoms with Crippen LogP contribution in [0.1, 0.15) is 11.1 Å². The normalized spacial score (nSPS) is 11.0. The van der Waals surface area contributed by atoms with Crippen molar-refractivity contribution in [3.05, 3.63) is 59.7 Å². The number of hydrogen-bond acceptors (Lipinski definition) is 2. The molecule has 7 heteroatoms. The number of nitrogens with one attached hydrogen (secondary N) is 2. The van der Waals surface area contributed by atoms with E-state index < -0.39 is 17.8 Å². The van der Waals surface area contributed by atoms with E-state index in [0.29, 0.717) is 5.75 Å². The summed E-state index contributed by atoms with van der Waals surface area (Å²) < 4.78 is 43.7. The number of carbonyl (C=O) groups excluding carboxylic acids is 1. The number of benzene rings is 2. The molecule has 0 fully saturated rings. The monoisotopic (exact) mass is 324 g/mol. The second-order valence-electron chi connectivity index (χ2n) is 4.78. The number of rotatable bonds is 4. The summed E-state index contributed by atoms with van der Waals surface area (Å²) in [7, 11) is 0. The zero-order chi connectivity index (χ0) is 16.9. The van der Waals surface area contributed by atoms with Crippen LogP contribution < -0.4 is 15.4 Å². The largest absolute Gasteiger partial charge is 0.473 e. The number of alkyl halides is 3. The maximum Gasteiger partial charge on any atom is 0.418 e. The highest BCUT2D eigenvalue weighted by Gasteiger charge is 2.33. The summed E-state index contributed by atoms with van der Waals surface area (Å²) >= 11 is 0. The number of hydrogen-bond donors (Lipinski definition) is 2. The molecule has 0 bridgehead atoms. The molecule has 2 aromatic rings. The van der Waals surface area contributed by atoms with E-state index in [0.717, 1.165) is 11.6 Å². The van der Waals surface area contributed by atoms with Gasteiger partial charge in [0.25, 0.3) is 0 Å². The van der Waals surface area contributed by atoms with Crippen molar-refractivity contribution >= 4 is 11.7 Å². The number of carbonyl (C=O) groups is 1. The van der Waals surface area contributed by atoms with E-state index >= 15 is 0 Å². The van der Waals surface area contributed by atoms with Crippen LogP contribution in [0.5, 0.6) is 5.75 Å². The first-order valence-electron chi connectivity index (χ1n) is 6.77. The highest BCUT2D eigenvalue weighted by molar-refractivity contribution is 5.90. The van der Waals surface area contributed by atoms with Crippen molar-refractivity contribution in [1.29, 1.82) is 0 Å². The summed E-state index contributed by atoms with van der Waals surface area (Å²) in [5.41, 5.74) is -0.158. The van der Waals surface area contributed by atoms with Gasteiger partial charge in [-0.25, -0.2) is 4.79 Å². The Hall–Kier alpha value is -2.70. The van der Waals surface area contributed by atoms with Gasteiger partial charge in [0.05, 0.1) is 11.3 Å². The zero-order valence-electron chi connectivity index (χ0n) is 12.3. The number of aryl methyl sites for hydroxylation is 1. The van der Waals surface area contributed by atoms with Crippen molar-refractivity contribution in [1.82, 2.24) is 5.32 Å². The Balaban J connectivity index is 1.89. The Kier molecular flexibility index (Phi) is 5.10. The van der Waals surface area contributed by atoms with Crippen LogP contribution in [0.2, 0.25) is 0 Å². The molecule has 0 heterocycles. The Labute approximate surface area is 131 Å². The SMILES string of the molecule is Cc1ccc(OCNC(=O)Nc2ccccc2C(F)(F)F)cc1. The van der Waals surface area contributed by atoms with Crippen molar-refractivity contribution in [2.24, 2.45) is 0 Å². The quantitative estimate of drug-likeness (QED) is 0.829. The summed E-state index contributed by atoms with van der Waals surface area (Å²) in [5.74, 6) is 0.548. The van der Waals surface area contributed by atoms with Gasteiger partial charge in [0.2, 0.25) is 0 Å². The average molecular weight is 324 g/mol. The Bertz CT molecular complexity index is 670. The van der Waals surface area contributed by atoms with E-state index in [-0.39, 0.29) is 12.4 Å². The van der Waals surface area contributed by atoms with Gasteiger partial charge in [0, 0.05) is 0 Å². The smallest absolute Gasteiger partial charge is 0.418 e. The van der Waals surface area contributed by atoms with Gasteiger partial charge in [-0.15, -0.1) is 0 Å². The highest BCUT2D eigenvalue weighted by Crippen LogP contribution is 2.34. The summed E-state index contributed by atoms with van der Waals surface area (Å²) in [4.78, 5) is 11.7. The third-order valence-electron chi connectivity index (χ3n) is 2.97. The number of amides is 2. The average Bonchev–Trinajstić information content (AvgIpc) is 2.49. The van der Waals surface area contributed by atoms with Crippen molar-refractivity contribution in [3.63, 3.8) is 0 Å². The molecule has 0 unspecified atom stereocenters. The van der Waals surface area contributed by atoms with Gasteiger partial charge in [-0.1, -0.05) is 29.8 Å². The van der Waals surface area contributed by atoms with E-state index in [1.165, 1.54) is 18.2 Å². The van der Waals surface area contributed by atoms with E-state index in [4.69, 9.17) is 4.74 Å². The minimum atomic E-state index is -4.54. The van der Waals surface area contributed by atoms with E-state index in [1.54, 1.807) is 12.1 Å². The van der Waals surface area contributed by atoms with E-state index in [1.807, 2.05) is 19.1 Å². The number of anilines is 1. The number of halogens is 3. The third-order valence-corrected chi connectivity index (χ3v) is 2.97. The molecule has 0 aliphatic heterocycles. The van der Waals surface area contributed by atoms with Crippen molar-refractivity contribution < 1.29 is 22.7 Å². The Morgan fingerprint density at radius 1 is 1.09 bits per heavy atom.